The van der Waals surface area contributed by atoms with Crippen LogP contribution in [0.2, 0.25) is 0 Å². The summed E-state index contributed by atoms with van der Waals surface area (Å²) < 4.78 is 10.6. The molecule has 100 valence electrons. The third-order valence-corrected chi connectivity index (χ3v) is 3.05. The molecule has 0 unspecified atom stereocenters. The van der Waals surface area contributed by atoms with E-state index in [1.54, 1.807) is 12.1 Å². The summed E-state index contributed by atoms with van der Waals surface area (Å²) in [5.41, 5.74) is 1.81. The Hall–Kier alpha value is -2.10. The van der Waals surface area contributed by atoms with E-state index in [1.807, 2.05) is 19.9 Å². The van der Waals surface area contributed by atoms with Crippen LogP contribution in [0.25, 0.3) is 11.0 Å². The Labute approximate surface area is 111 Å². The Kier molecular flexibility index (Phi) is 3.69. The molecule has 0 atom stereocenters. The molecule has 19 heavy (non-hydrogen) atoms. The van der Waals surface area contributed by atoms with E-state index < -0.39 is 0 Å². The van der Waals surface area contributed by atoms with Gasteiger partial charge in [-0.2, -0.15) is 0 Å². The van der Waals surface area contributed by atoms with E-state index in [2.05, 4.69) is 0 Å². The number of carbonyl (C=O) groups excluding carboxylic acids is 1. The molecule has 0 aliphatic rings. The molecule has 4 heteroatoms. The molecule has 0 amide bonds. The van der Waals surface area contributed by atoms with E-state index in [-0.39, 0.29) is 18.0 Å². The molecule has 1 aromatic carbocycles. The lowest BCUT2D eigenvalue weighted by atomic mass is 10.0. The van der Waals surface area contributed by atoms with Crippen LogP contribution >= 0.6 is 0 Å². The highest BCUT2D eigenvalue weighted by molar-refractivity contribution is 5.82. The van der Waals surface area contributed by atoms with Crippen molar-refractivity contribution in [2.75, 3.05) is 6.61 Å². The van der Waals surface area contributed by atoms with Gasteiger partial charge in [-0.25, -0.2) is 4.79 Å². The van der Waals surface area contributed by atoms with Gasteiger partial charge in [0.25, 0.3) is 0 Å². The standard InChI is InChI=1S/C15H16O4/c1-4-12-10(3)13-6-5-11(18-8-9(2)16)7-14(13)19-15(12)17/h5-7H,4,8H2,1-3H3. The van der Waals surface area contributed by atoms with Crippen molar-refractivity contribution in [2.24, 2.45) is 0 Å². The number of ether oxygens (including phenoxy) is 1. The lowest BCUT2D eigenvalue weighted by Crippen LogP contribution is -2.09. The van der Waals surface area contributed by atoms with Crippen molar-refractivity contribution >= 4 is 16.8 Å². The molecule has 0 N–H and O–H groups in total. The summed E-state index contributed by atoms with van der Waals surface area (Å²) in [6.45, 7) is 5.31. The number of Topliss-reactive ketones (excluding diaryl/α,β-unsaturated/α-hetero) is 1. The molecule has 0 spiro atoms. The molecule has 1 aromatic heterocycles. The zero-order chi connectivity index (χ0) is 14.0. The highest BCUT2D eigenvalue weighted by atomic mass is 16.5. The van der Waals surface area contributed by atoms with Crippen molar-refractivity contribution in [3.8, 4) is 5.75 Å². The largest absolute Gasteiger partial charge is 0.486 e. The SMILES string of the molecule is CCc1c(C)c2ccc(OCC(C)=O)cc2oc1=O. The third-order valence-electron chi connectivity index (χ3n) is 3.05. The number of ketones is 1. The zero-order valence-corrected chi connectivity index (χ0v) is 11.3. The van der Waals surface area contributed by atoms with Crippen LogP contribution < -0.4 is 10.4 Å². The minimum Gasteiger partial charge on any atom is -0.486 e. The van der Waals surface area contributed by atoms with E-state index in [4.69, 9.17) is 9.15 Å². The third kappa shape index (κ3) is 2.67. The lowest BCUT2D eigenvalue weighted by molar-refractivity contribution is -0.118. The number of hydrogen-bond donors (Lipinski definition) is 0. The van der Waals surface area contributed by atoms with Crippen molar-refractivity contribution in [3.05, 3.63) is 39.7 Å². The smallest absolute Gasteiger partial charge is 0.339 e. The Morgan fingerprint density at radius 3 is 2.74 bits per heavy atom. The van der Waals surface area contributed by atoms with E-state index in [1.165, 1.54) is 6.92 Å². The molecular formula is C15H16O4. The van der Waals surface area contributed by atoms with Gasteiger partial charge in [-0.1, -0.05) is 6.92 Å². The van der Waals surface area contributed by atoms with Gasteiger partial charge in [0.15, 0.2) is 5.78 Å². The Morgan fingerprint density at radius 1 is 1.37 bits per heavy atom. The monoisotopic (exact) mass is 260 g/mol. The van der Waals surface area contributed by atoms with Gasteiger partial charge in [0.2, 0.25) is 0 Å². The summed E-state index contributed by atoms with van der Waals surface area (Å²) in [6, 6.07) is 5.27. The zero-order valence-electron chi connectivity index (χ0n) is 11.3. The maximum absolute atomic E-state index is 11.8. The minimum atomic E-state index is -0.309. The summed E-state index contributed by atoms with van der Waals surface area (Å²) in [6.07, 6.45) is 0.646. The van der Waals surface area contributed by atoms with Gasteiger partial charge in [0.1, 0.15) is 17.9 Å². The Morgan fingerprint density at radius 2 is 2.11 bits per heavy atom. The summed E-state index contributed by atoms with van der Waals surface area (Å²) in [4.78, 5) is 22.7. The molecule has 1 heterocycles. The summed E-state index contributed by atoms with van der Waals surface area (Å²) >= 11 is 0. The molecular weight excluding hydrogens is 244 g/mol. The second kappa shape index (κ2) is 5.26. The van der Waals surface area contributed by atoms with Crippen LogP contribution in [-0.4, -0.2) is 12.4 Å². The highest BCUT2D eigenvalue weighted by Crippen LogP contribution is 2.24. The molecule has 0 fully saturated rings. The van der Waals surface area contributed by atoms with Crippen LogP contribution in [0.15, 0.2) is 27.4 Å². The van der Waals surface area contributed by atoms with Crippen LogP contribution in [0.1, 0.15) is 25.0 Å². The maximum atomic E-state index is 11.8. The predicted octanol–water partition coefficient (Wildman–Crippen LogP) is 2.63. The first-order valence-electron chi connectivity index (χ1n) is 6.21. The van der Waals surface area contributed by atoms with Crippen LogP contribution in [-0.2, 0) is 11.2 Å². The predicted molar refractivity (Wildman–Crippen MR) is 72.8 cm³/mol. The summed E-state index contributed by atoms with van der Waals surface area (Å²) in [5.74, 6) is 0.466. The van der Waals surface area contributed by atoms with Gasteiger partial charge >= 0.3 is 5.63 Å². The molecule has 0 aliphatic carbocycles. The van der Waals surface area contributed by atoms with Crippen molar-refractivity contribution in [1.29, 1.82) is 0 Å². The van der Waals surface area contributed by atoms with Crippen molar-refractivity contribution in [3.63, 3.8) is 0 Å². The van der Waals surface area contributed by atoms with Gasteiger partial charge < -0.3 is 9.15 Å². The number of rotatable bonds is 4. The van der Waals surface area contributed by atoms with Crippen LogP contribution in [0.4, 0.5) is 0 Å². The maximum Gasteiger partial charge on any atom is 0.339 e. The molecule has 0 saturated heterocycles. The van der Waals surface area contributed by atoms with Gasteiger partial charge in [-0.15, -0.1) is 0 Å². The first-order valence-corrected chi connectivity index (χ1v) is 6.21. The normalized spacial score (nSPS) is 10.7. The summed E-state index contributed by atoms with van der Waals surface area (Å²) in [7, 11) is 0. The number of aryl methyl sites for hydroxylation is 1. The fourth-order valence-electron chi connectivity index (χ4n) is 2.06. The molecule has 0 saturated carbocycles. The van der Waals surface area contributed by atoms with Gasteiger partial charge in [-0.05, 0) is 38.0 Å². The van der Waals surface area contributed by atoms with Gasteiger partial charge in [-0.3, -0.25) is 4.79 Å². The Balaban J connectivity index is 2.50. The molecule has 2 aromatic rings. The van der Waals surface area contributed by atoms with Crippen molar-refractivity contribution in [1.82, 2.24) is 0 Å². The second-order valence-corrected chi connectivity index (χ2v) is 4.50. The molecule has 2 rings (SSSR count). The molecule has 0 aliphatic heterocycles. The topological polar surface area (TPSA) is 56.5 Å². The van der Waals surface area contributed by atoms with E-state index in [0.29, 0.717) is 23.3 Å². The second-order valence-electron chi connectivity index (χ2n) is 4.50. The molecule has 0 bridgehead atoms. The van der Waals surface area contributed by atoms with Gasteiger partial charge in [0.05, 0.1) is 0 Å². The molecule has 0 radical (unpaired) electrons. The average Bonchev–Trinajstić information content (AvgIpc) is 2.36. The first kappa shape index (κ1) is 13.3. The fraction of sp³-hybridized carbons (Fsp3) is 0.333. The number of hydrogen-bond acceptors (Lipinski definition) is 4. The lowest BCUT2D eigenvalue weighted by Gasteiger charge is -2.08. The Bertz CT molecular complexity index is 682. The summed E-state index contributed by atoms with van der Waals surface area (Å²) in [5, 5.41) is 0.895. The van der Waals surface area contributed by atoms with Crippen LogP contribution in [0.3, 0.4) is 0 Å². The van der Waals surface area contributed by atoms with E-state index in [0.717, 1.165) is 10.9 Å². The van der Waals surface area contributed by atoms with Crippen molar-refractivity contribution in [2.45, 2.75) is 27.2 Å². The number of carbonyl (C=O) groups is 1. The molecule has 4 nitrogen and oxygen atoms in total. The van der Waals surface area contributed by atoms with E-state index in [9.17, 15) is 9.59 Å². The average molecular weight is 260 g/mol. The number of benzene rings is 1. The van der Waals surface area contributed by atoms with Crippen LogP contribution in [0, 0.1) is 6.92 Å². The minimum absolute atomic E-state index is 0.0156. The van der Waals surface area contributed by atoms with Crippen molar-refractivity contribution < 1.29 is 13.9 Å². The highest BCUT2D eigenvalue weighted by Gasteiger charge is 2.10. The fourth-order valence-corrected chi connectivity index (χ4v) is 2.06. The first-order chi connectivity index (χ1) is 9.02. The van der Waals surface area contributed by atoms with Crippen LogP contribution in [0.5, 0.6) is 5.75 Å². The quantitative estimate of drug-likeness (QED) is 0.793. The van der Waals surface area contributed by atoms with E-state index >= 15 is 0 Å². The van der Waals surface area contributed by atoms with Gasteiger partial charge in [0, 0.05) is 17.0 Å². The number of fused-ring (bicyclic) bond motifs is 1.